The van der Waals surface area contributed by atoms with Gasteiger partial charge in [0.15, 0.2) is 0 Å². The van der Waals surface area contributed by atoms with Gasteiger partial charge in [0, 0.05) is 52.1 Å². The smallest absolute Gasteiger partial charge is 0.299 e. The molecule has 136 valence electrons. The van der Waals surface area contributed by atoms with E-state index in [1.165, 1.54) is 6.07 Å². The van der Waals surface area contributed by atoms with Crippen LogP contribution in [0.5, 0.6) is 0 Å². The minimum absolute atomic E-state index is 0.158. The molecule has 0 atom stereocenters. The van der Waals surface area contributed by atoms with Gasteiger partial charge in [-0.25, -0.2) is 11.0 Å². The molecule has 1 heterocycles. The van der Waals surface area contributed by atoms with Gasteiger partial charge in [-0.15, -0.1) is 0 Å². The molecule has 0 unspecified atom stereocenters. The second-order valence-corrected chi connectivity index (χ2v) is 7.14. The highest BCUT2D eigenvalue weighted by Crippen LogP contribution is 2.20. The van der Waals surface area contributed by atoms with Crippen molar-refractivity contribution in [2.75, 3.05) is 38.5 Å². The third-order valence-corrected chi connectivity index (χ3v) is 4.48. The average molecular weight is 346 g/mol. The van der Waals surface area contributed by atoms with Gasteiger partial charge in [-0.05, 0) is 37.6 Å². The number of hydrogen-bond acceptors (Lipinski definition) is 3. The molecule has 0 aromatic heterocycles. The van der Waals surface area contributed by atoms with E-state index < -0.39 is 5.66 Å². The summed E-state index contributed by atoms with van der Waals surface area (Å²) in [6.45, 7) is 14.0. The van der Waals surface area contributed by atoms with Crippen molar-refractivity contribution in [3.63, 3.8) is 0 Å². The van der Waals surface area contributed by atoms with E-state index in [0.29, 0.717) is 30.5 Å². The molecule has 2 rings (SSSR count). The monoisotopic (exact) mass is 346 g/mol. The van der Waals surface area contributed by atoms with Crippen molar-refractivity contribution in [2.24, 2.45) is 0 Å². The lowest BCUT2D eigenvalue weighted by molar-refractivity contribution is -0.132. The number of rotatable bonds is 6. The Morgan fingerprint density at radius 1 is 1.32 bits per heavy atom. The molecule has 1 fully saturated rings. The molecule has 1 amide bonds. The van der Waals surface area contributed by atoms with Crippen LogP contribution in [0.2, 0.25) is 0 Å². The molecular weight excluding hydrogens is 319 g/mol. The fraction of sp³-hybridized carbons (Fsp3) is 0.579. The van der Waals surface area contributed by atoms with Crippen LogP contribution in [-0.2, 0) is 11.2 Å². The zero-order valence-corrected chi connectivity index (χ0v) is 15.3. The maximum absolute atomic E-state index is 14.2. The molecule has 0 spiro atoms. The fourth-order valence-electron chi connectivity index (χ4n) is 2.85. The molecule has 0 radical (unpaired) electrons. The van der Waals surface area contributed by atoms with E-state index in [-0.39, 0.29) is 11.7 Å². The van der Waals surface area contributed by atoms with Crippen LogP contribution in [0.15, 0.2) is 18.2 Å². The second-order valence-electron chi connectivity index (χ2n) is 7.14. The average Bonchev–Trinajstić information content (AvgIpc) is 2.57. The molecule has 1 saturated heterocycles. The minimum Gasteiger partial charge on any atom is -0.340 e. The Labute approximate surface area is 149 Å². The van der Waals surface area contributed by atoms with Gasteiger partial charge in [0.25, 0.3) is 5.66 Å². The lowest BCUT2D eigenvalue weighted by Gasteiger charge is -2.32. The molecule has 1 aliphatic heterocycles. The van der Waals surface area contributed by atoms with Crippen LogP contribution in [0.1, 0.15) is 32.3 Å². The number of benzene rings is 1. The molecule has 1 aliphatic rings. The predicted molar refractivity (Wildman–Crippen MR) is 97.7 cm³/mol. The van der Waals surface area contributed by atoms with Crippen molar-refractivity contribution < 1.29 is 9.18 Å². The summed E-state index contributed by atoms with van der Waals surface area (Å²) in [5.74, 6) is -0.136. The Morgan fingerprint density at radius 3 is 2.60 bits per heavy atom. The molecule has 1 N–H and O–H groups in total. The van der Waals surface area contributed by atoms with Gasteiger partial charge in [-0.2, -0.15) is 0 Å². The number of likely N-dealkylation sites (N-methyl/N-ethyl adjacent to an activating group) is 1. The van der Waals surface area contributed by atoms with Gasteiger partial charge < -0.3 is 15.1 Å². The second kappa shape index (κ2) is 8.30. The summed E-state index contributed by atoms with van der Waals surface area (Å²) in [6, 6.07) is 4.94. The molecule has 1 aromatic carbocycles. The molecule has 6 heteroatoms. The third kappa shape index (κ3) is 5.71. The number of nitrogens with zero attached hydrogens (tertiary/aromatic N) is 3. The fourth-order valence-corrected chi connectivity index (χ4v) is 2.85. The number of amides is 1. The summed E-state index contributed by atoms with van der Waals surface area (Å²) >= 11 is 0. The van der Waals surface area contributed by atoms with Crippen LogP contribution in [-0.4, -0.2) is 54.6 Å². The molecule has 0 bridgehead atoms. The maximum atomic E-state index is 14.2. The standard InChI is InChI=1S/C19H27FN4O/c1-19(2,21-3)22-16-9-8-15(17(20)14-16)6-5-7-18(25)24-12-10-23(4)11-13-24/h8-9,14,22H,5-7,10-13H2,1-2,4H3. The number of halogens is 1. The van der Waals surface area contributed by atoms with Gasteiger partial charge in [0.1, 0.15) is 5.82 Å². The number of nitrogens with one attached hydrogen (secondary N) is 1. The van der Waals surface area contributed by atoms with E-state index in [1.807, 2.05) is 4.90 Å². The molecular formula is C19H27FN4O. The number of piperazine rings is 1. The summed E-state index contributed by atoms with van der Waals surface area (Å²) in [5.41, 5.74) is 0.441. The van der Waals surface area contributed by atoms with E-state index in [1.54, 1.807) is 26.0 Å². The van der Waals surface area contributed by atoms with Crippen molar-refractivity contribution in [1.82, 2.24) is 9.80 Å². The van der Waals surface area contributed by atoms with Gasteiger partial charge in [0.2, 0.25) is 5.91 Å². The lowest BCUT2D eigenvalue weighted by atomic mass is 10.1. The van der Waals surface area contributed by atoms with E-state index in [4.69, 9.17) is 6.57 Å². The zero-order valence-electron chi connectivity index (χ0n) is 15.3. The van der Waals surface area contributed by atoms with Crippen LogP contribution in [0.25, 0.3) is 4.85 Å². The Balaban J connectivity index is 1.83. The Bertz CT molecular complexity index is 645. The number of carbonyl (C=O) groups excluding carboxylic acids is 1. The van der Waals surface area contributed by atoms with Crippen molar-refractivity contribution >= 4 is 11.6 Å². The van der Waals surface area contributed by atoms with Crippen molar-refractivity contribution in [1.29, 1.82) is 0 Å². The van der Waals surface area contributed by atoms with Gasteiger partial charge in [-0.1, -0.05) is 6.07 Å². The highest BCUT2D eigenvalue weighted by molar-refractivity contribution is 5.76. The lowest BCUT2D eigenvalue weighted by Crippen LogP contribution is -2.47. The largest absolute Gasteiger partial charge is 0.340 e. The Hall–Kier alpha value is -2.13. The highest BCUT2D eigenvalue weighted by Gasteiger charge is 2.22. The van der Waals surface area contributed by atoms with E-state index in [2.05, 4.69) is 22.1 Å². The minimum atomic E-state index is -0.761. The molecule has 0 aliphatic carbocycles. The first-order valence-electron chi connectivity index (χ1n) is 8.72. The summed E-state index contributed by atoms with van der Waals surface area (Å²) in [4.78, 5) is 19.8. The number of carbonyl (C=O) groups is 1. The van der Waals surface area contributed by atoms with Gasteiger partial charge >= 0.3 is 0 Å². The number of anilines is 1. The van der Waals surface area contributed by atoms with Crippen LogP contribution in [0, 0.1) is 12.4 Å². The first-order chi connectivity index (χ1) is 11.8. The number of hydrogen-bond donors (Lipinski definition) is 1. The summed E-state index contributed by atoms with van der Waals surface area (Å²) in [7, 11) is 2.06. The van der Waals surface area contributed by atoms with Crippen LogP contribution in [0.3, 0.4) is 0 Å². The molecule has 5 nitrogen and oxygen atoms in total. The SMILES string of the molecule is [C-]#[N+]C(C)(C)Nc1ccc(CCCC(=O)N2CCN(C)CC2)c(F)c1. The highest BCUT2D eigenvalue weighted by atomic mass is 19.1. The first-order valence-corrected chi connectivity index (χ1v) is 8.72. The van der Waals surface area contributed by atoms with E-state index in [0.717, 1.165) is 26.2 Å². The van der Waals surface area contributed by atoms with Crippen LogP contribution in [0.4, 0.5) is 10.1 Å². The Kier molecular flexibility index (Phi) is 6.38. The van der Waals surface area contributed by atoms with Gasteiger partial charge in [0.05, 0.1) is 0 Å². The summed E-state index contributed by atoms with van der Waals surface area (Å²) in [6.07, 6.45) is 1.63. The third-order valence-electron chi connectivity index (χ3n) is 4.48. The quantitative estimate of drug-likeness (QED) is 0.805. The van der Waals surface area contributed by atoms with Crippen LogP contribution >= 0.6 is 0 Å². The molecule has 0 saturated carbocycles. The Morgan fingerprint density at radius 2 is 2.00 bits per heavy atom. The van der Waals surface area contributed by atoms with E-state index >= 15 is 0 Å². The molecule has 25 heavy (non-hydrogen) atoms. The predicted octanol–water partition coefficient (Wildman–Crippen LogP) is 2.99. The zero-order chi connectivity index (χ0) is 18.4. The normalized spacial score (nSPS) is 15.7. The van der Waals surface area contributed by atoms with Gasteiger partial charge in [-0.3, -0.25) is 9.64 Å². The summed E-state index contributed by atoms with van der Waals surface area (Å²) < 4.78 is 14.2. The first kappa shape index (κ1) is 19.2. The maximum Gasteiger partial charge on any atom is 0.299 e. The van der Waals surface area contributed by atoms with E-state index in [9.17, 15) is 9.18 Å². The topological polar surface area (TPSA) is 39.9 Å². The van der Waals surface area contributed by atoms with Crippen molar-refractivity contribution in [3.8, 4) is 0 Å². The molecule has 1 aromatic rings. The summed E-state index contributed by atoms with van der Waals surface area (Å²) in [5, 5.41) is 3.00. The van der Waals surface area contributed by atoms with Crippen molar-refractivity contribution in [2.45, 2.75) is 38.8 Å². The number of aryl methyl sites for hydroxylation is 1. The van der Waals surface area contributed by atoms with Crippen LogP contribution < -0.4 is 5.32 Å². The van der Waals surface area contributed by atoms with Crippen molar-refractivity contribution in [3.05, 3.63) is 41.0 Å².